The number of nitriles is 1. The van der Waals surface area contributed by atoms with Crippen molar-refractivity contribution in [2.45, 2.75) is 37.1 Å². The molecule has 2 unspecified atom stereocenters. The quantitative estimate of drug-likeness (QED) is 0.885. The molecule has 0 aromatic heterocycles. The maximum atomic E-state index is 12.5. The smallest absolute Gasteiger partial charge is 0.242 e. The Morgan fingerprint density at radius 1 is 1.57 bits per heavy atom. The highest BCUT2D eigenvalue weighted by atomic mass is 35.5. The maximum Gasteiger partial charge on any atom is 0.242 e. The van der Waals surface area contributed by atoms with Crippen LogP contribution in [-0.4, -0.2) is 26.2 Å². The summed E-state index contributed by atoms with van der Waals surface area (Å²) in [5.41, 5.74) is -0.534. The summed E-state index contributed by atoms with van der Waals surface area (Å²) in [4.78, 5) is -0.121. The van der Waals surface area contributed by atoms with Crippen LogP contribution in [0.1, 0.15) is 31.7 Å². The van der Waals surface area contributed by atoms with Gasteiger partial charge in [0.2, 0.25) is 10.0 Å². The van der Waals surface area contributed by atoms with Gasteiger partial charge in [0.15, 0.2) is 0 Å². The zero-order valence-electron chi connectivity index (χ0n) is 11.6. The number of nitrogens with zero attached hydrogens (tertiary/aromatic N) is 1. The predicted molar refractivity (Wildman–Crippen MR) is 79.3 cm³/mol. The van der Waals surface area contributed by atoms with Crippen molar-refractivity contribution in [2.75, 3.05) is 6.61 Å². The highest BCUT2D eigenvalue weighted by Crippen LogP contribution is 2.38. The molecule has 0 heterocycles. The molecule has 0 radical (unpaired) electrons. The van der Waals surface area contributed by atoms with Gasteiger partial charge in [0.25, 0.3) is 0 Å². The summed E-state index contributed by atoms with van der Waals surface area (Å²) in [6.45, 7) is 1.78. The first-order chi connectivity index (χ1) is 9.84. The molecule has 0 amide bonds. The molecule has 2 atom stereocenters. The van der Waals surface area contributed by atoms with Gasteiger partial charge < -0.3 is 5.11 Å². The molecule has 0 aliphatic heterocycles. The Morgan fingerprint density at radius 2 is 2.29 bits per heavy atom. The average Bonchev–Trinajstić information content (AvgIpc) is 2.80. The van der Waals surface area contributed by atoms with E-state index in [9.17, 15) is 13.5 Å². The standard InChI is InChI=1S/C14H17ClN2O3S/c1-14(9-18)7-3-6-13(14)17-21(19,20)12-5-2-4-11(15)10(12)8-16/h2,4-5,13,17-18H,3,6-7,9H2,1H3. The summed E-state index contributed by atoms with van der Waals surface area (Å²) in [6.07, 6.45) is 2.28. The molecule has 21 heavy (non-hydrogen) atoms. The molecule has 1 fully saturated rings. The number of hydrogen-bond donors (Lipinski definition) is 2. The van der Waals surface area contributed by atoms with E-state index in [0.29, 0.717) is 6.42 Å². The second-order valence-electron chi connectivity index (χ2n) is 5.60. The largest absolute Gasteiger partial charge is 0.396 e. The van der Waals surface area contributed by atoms with Crippen LogP contribution in [0.25, 0.3) is 0 Å². The molecule has 0 spiro atoms. The Bertz CT molecular complexity index is 684. The first kappa shape index (κ1) is 16.2. The fourth-order valence-corrected chi connectivity index (χ4v) is 4.57. The van der Waals surface area contributed by atoms with Crippen molar-refractivity contribution in [3.8, 4) is 6.07 Å². The van der Waals surface area contributed by atoms with E-state index >= 15 is 0 Å². The van der Waals surface area contributed by atoms with E-state index in [1.165, 1.54) is 18.2 Å². The normalized spacial score (nSPS) is 25.7. The molecule has 0 saturated heterocycles. The van der Waals surface area contributed by atoms with Crippen LogP contribution >= 0.6 is 11.6 Å². The second kappa shape index (κ2) is 5.93. The van der Waals surface area contributed by atoms with Crippen LogP contribution in [0.4, 0.5) is 0 Å². The third-order valence-electron chi connectivity index (χ3n) is 4.12. The van der Waals surface area contributed by atoms with Gasteiger partial charge in [-0.2, -0.15) is 5.26 Å². The lowest BCUT2D eigenvalue weighted by Crippen LogP contribution is -2.44. The molecule has 5 nitrogen and oxygen atoms in total. The van der Waals surface area contributed by atoms with E-state index < -0.39 is 15.4 Å². The predicted octanol–water partition coefficient (Wildman–Crippen LogP) is 2.04. The van der Waals surface area contributed by atoms with Crippen molar-refractivity contribution < 1.29 is 13.5 Å². The van der Waals surface area contributed by atoms with Gasteiger partial charge in [0, 0.05) is 18.1 Å². The van der Waals surface area contributed by atoms with Gasteiger partial charge in [-0.3, -0.25) is 0 Å². The Hall–Kier alpha value is -1.13. The summed E-state index contributed by atoms with van der Waals surface area (Å²) >= 11 is 5.88. The molecule has 1 aliphatic carbocycles. The van der Waals surface area contributed by atoms with Gasteiger partial charge in [0.05, 0.1) is 10.6 Å². The van der Waals surface area contributed by atoms with Gasteiger partial charge in [-0.05, 0) is 25.0 Å². The van der Waals surface area contributed by atoms with Crippen molar-refractivity contribution in [3.05, 3.63) is 28.8 Å². The molecule has 1 aromatic carbocycles. The van der Waals surface area contributed by atoms with Crippen LogP contribution in [0, 0.1) is 16.7 Å². The van der Waals surface area contributed by atoms with Crippen molar-refractivity contribution in [2.24, 2.45) is 5.41 Å². The highest BCUT2D eigenvalue weighted by molar-refractivity contribution is 7.89. The molecule has 2 N–H and O–H groups in total. The maximum absolute atomic E-state index is 12.5. The van der Waals surface area contributed by atoms with Crippen LogP contribution < -0.4 is 4.72 Å². The molecule has 0 bridgehead atoms. The van der Waals surface area contributed by atoms with Crippen molar-refractivity contribution >= 4 is 21.6 Å². The lowest BCUT2D eigenvalue weighted by Gasteiger charge is -2.30. The van der Waals surface area contributed by atoms with Crippen molar-refractivity contribution in [1.82, 2.24) is 4.72 Å². The summed E-state index contributed by atoms with van der Waals surface area (Å²) in [7, 11) is -3.86. The van der Waals surface area contributed by atoms with E-state index in [1.807, 2.05) is 13.0 Å². The zero-order chi connectivity index (χ0) is 15.7. The number of aliphatic hydroxyl groups excluding tert-OH is 1. The van der Waals surface area contributed by atoms with Gasteiger partial charge in [-0.15, -0.1) is 0 Å². The number of halogens is 1. The first-order valence-corrected chi connectivity index (χ1v) is 8.52. The first-order valence-electron chi connectivity index (χ1n) is 6.66. The number of aliphatic hydroxyl groups is 1. The minimum absolute atomic E-state index is 0.0598. The zero-order valence-corrected chi connectivity index (χ0v) is 13.2. The molecule has 2 rings (SSSR count). The van der Waals surface area contributed by atoms with E-state index in [4.69, 9.17) is 16.9 Å². The fraction of sp³-hybridized carbons (Fsp3) is 0.500. The monoisotopic (exact) mass is 328 g/mol. The van der Waals surface area contributed by atoms with Crippen LogP contribution in [0.2, 0.25) is 5.02 Å². The van der Waals surface area contributed by atoms with Gasteiger partial charge in [0.1, 0.15) is 11.0 Å². The molecule has 1 saturated carbocycles. The highest BCUT2D eigenvalue weighted by Gasteiger charge is 2.41. The number of hydrogen-bond acceptors (Lipinski definition) is 4. The van der Waals surface area contributed by atoms with Crippen LogP contribution in [0.5, 0.6) is 0 Å². The minimum atomic E-state index is -3.86. The summed E-state index contributed by atoms with van der Waals surface area (Å²) in [5, 5.41) is 18.7. The molecule has 1 aromatic rings. The number of rotatable bonds is 4. The topological polar surface area (TPSA) is 90.2 Å². The number of sulfonamides is 1. The third kappa shape index (κ3) is 3.06. The van der Waals surface area contributed by atoms with Gasteiger partial charge in [-0.1, -0.05) is 31.0 Å². The molecular weight excluding hydrogens is 312 g/mol. The fourth-order valence-electron chi connectivity index (χ4n) is 2.71. The summed E-state index contributed by atoms with van der Waals surface area (Å²) in [5.74, 6) is 0. The lowest BCUT2D eigenvalue weighted by atomic mass is 9.86. The van der Waals surface area contributed by atoms with E-state index in [0.717, 1.165) is 12.8 Å². The number of benzene rings is 1. The van der Waals surface area contributed by atoms with Crippen LogP contribution in [-0.2, 0) is 10.0 Å². The Kier molecular flexibility index (Phi) is 4.59. The minimum Gasteiger partial charge on any atom is -0.396 e. The molecule has 7 heteroatoms. The Labute approximate surface area is 129 Å². The van der Waals surface area contributed by atoms with E-state index in [1.54, 1.807) is 0 Å². The van der Waals surface area contributed by atoms with Gasteiger partial charge in [-0.25, -0.2) is 13.1 Å². The molecule has 114 valence electrons. The number of nitrogens with one attached hydrogen (secondary N) is 1. The Balaban J connectivity index is 2.37. The van der Waals surface area contributed by atoms with Crippen LogP contribution in [0.3, 0.4) is 0 Å². The van der Waals surface area contributed by atoms with E-state index in [-0.39, 0.29) is 28.1 Å². The summed E-state index contributed by atoms with van der Waals surface area (Å²) in [6, 6.07) is 5.82. The van der Waals surface area contributed by atoms with Crippen molar-refractivity contribution in [1.29, 1.82) is 5.26 Å². The van der Waals surface area contributed by atoms with E-state index in [2.05, 4.69) is 4.72 Å². The van der Waals surface area contributed by atoms with Crippen LogP contribution in [0.15, 0.2) is 23.1 Å². The molecule has 1 aliphatic rings. The van der Waals surface area contributed by atoms with Crippen molar-refractivity contribution in [3.63, 3.8) is 0 Å². The summed E-state index contributed by atoms with van der Waals surface area (Å²) < 4.78 is 27.7. The second-order valence-corrected chi connectivity index (χ2v) is 7.69. The SMILES string of the molecule is CC1(CO)CCCC1NS(=O)(=O)c1cccc(Cl)c1C#N. The Morgan fingerprint density at radius 3 is 2.90 bits per heavy atom. The lowest BCUT2D eigenvalue weighted by molar-refractivity contribution is 0.127. The average molecular weight is 329 g/mol. The van der Waals surface area contributed by atoms with Gasteiger partial charge >= 0.3 is 0 Å². The third-order valence-corrected chi connectivity index (χ3v) is 5.95. The molecular formula is C14H17ClN2O3S.